The SMILES string of the molecule is CC(C)(O)CCCCCCCCCCCO. The second-order valence-electron chi connectivity index (χ2n) is 5.47. The molecule has 0 radical (unpaired) electrons. The molecule has 0 saturated heterocycles. The van der Waals surface area contributed by atoms with Crippen molar-refractivity contribution in [3.8, 4) is 0 Å². The summed E-state index contributed by atoms with van der Waals surface area (Å²) in [5.74, 6) is 0. The average molecular weight is 230 g/mol. The Kier molecular flexibility index (Phi) is 10.0. The molecule has 0 bridgehead atoms. The summed E-state index contributed by atoms with van der Waals surface area (Å²) in [6.45, 7) is 4.11. The Morgan fingerprint density at radius 2 is 1.06 bits per heavy atom. The molecule has 0 saturated carbocycles. The van der Waals surface area contributed by atoms with E-state index < -0.39 is 5.60 Å². The molecule has 0 aliphatic carbocycles. The van der Waals surface area contributed by atoms with Crippen LogP contribution in [-0.2, 0) is 0 Å². The fraction of sp³-hybridized carbons (Fsp3) is 1.00. The third-order valence-corrected chi connectivity index (χ3v) is 2.95. The number of hydrogen-bond acceptors (Lipinski definition) is 2. The van der Waals surface area contributed by atoms with Crippen molar-refractivity contribution in [2.75, 3.05) is 6.61 Å². The summed E-state index contributed by atoms with van der Waals surface area (Å²) >= 11 is 0. The second-order valence-corrected chi connectivity index (χ2v) is 5.47. The number of aliphatic hydroxyl groups excluding tert-OH is 1. The van der Waals surface area contributed by atoms with E-state index in [0.29, 0.717) is 6.61 Å². The molecule has 0 spiro atoms. The predicted octanol–water partition coefficient (Wildman–Crippen LogP) is 3.65. The number of rotatable bonds is 11. The zero-order valence-corrected chi connectivity index (χ0v) is 11.2. The first-order chi connectivity index (χ1) is 7.56. The van der Waals surface area contributed by atoms with Gasteiger partial charge in [0.2, 0.25) is 0 Å². The van der Waals surface area contributed by atoms with E-state index in [1.807, 2.05) is 13.8 Å². The van der Waals surface area contributed by atoms with Crippen molar-refractivity contribution in [2.45, 2.75) is 83.7 Å². The summed E-state index contributed by atoms with van der Waals surface area (Å²) in [7, 11) is 0. The van der Waals surface area contributed by atoms with Crippen LogP contribution < -0.4 is 0 Å². The van der Waals surface area contributed by atoms with Gasteiger partial charge in [0.15, 0.2) is 0 Å². The van der Waals surface area contributed by atoms with Crippen LogP contribution in [0.2, 0.25) is 0 Å². The zero-order valence-electron chi connectivity index (χ0n) is 11.2. The van der Waals surface area contributed by atoms with Gasteiger partial charge in [0.05, 0.1) is 5.60 Å². The molecular formula is C14H30O2. The van der Waals surface area contributed by atoms with E-state index >= 15 is 0 Å². The van der Waals surface area contributed by atoms with Gasteiger partial charge in [-0.25, -0.2) is 0 Å². The van der Waals surface area contributed by atoms with Crippen LogP contribution in [0.15, 0.2) is 0 Å². The fourth-order valence-electron chi connectivity index (χ4n) is 1.91. The van der Waals surface area contributed by atoms with Crippen molar-refractivity contribution in [3.63, 3.8) is 0 Å². The van der Waals surface area contributed by atoms with Crippen LogP contribution in [0, 0.1) is 0 Å². The van der Waals surface area contributed by atoms with Gasteiger partial charge >= 0.3 is 0 Å². The minimum absolute atomic E-state index is 0.344. The molecule has 0 rings (SSSR count). The van der Waals surface area contributed by atoms with Crippen LogP contribution in [0.1, 0.15) is 78.1 Å². The summed E-state index contributed by atoms with van der Waals surface area (Å²) < 4.78 is 0. The highest BCUT2D eigenvalue weighted by molar-refractivity contribution is 4.64. The van der Waals surface area contributed by atoms with E-state index in [4.69, 9.17) is 5.11 Å². The largest absolute Gasteiger partial charge is 0.396 e. The van der Waals surface area contributed by atoms with Crippen LogP contribution in [0.3, 0.4) is 0 Å². The molecule has 98 valence electrons. The zero-order chi connectivity index (χ0) is 12.3. The van der Waals surface area contributed by atoms with Crippen LogP contribution in [-0.4, -0.2) is 22.4 Å². The first kappa shape index (κ1) is 15.9. The Bertz CT molecular complexity index is 138. The van der Waals surface area contributed by atoms with Crippen molar-refractivity contribution in [1.82, 2.24) is 0 Å². The quantitative estimate of drug-likeness (QED) is 0.532. The highest BCUT2D eigenvalue weighted by Crippen LogP contribution is 2.15. The fourth-order valence-corrected chi connectivity index (χ4v) is 1.91. The summed E-state index contributed by atoms with van der Waals surface area (Å²) in [6, 6.07) is 0. The van der Waals surface area contributed by atoms with Gasteiger partial charge in [-0.15, -0.1) is 0 Å². The van der Waals surface area contributed by atoms with Gasteiger partial charge in [0, 0.05) is 6.61 Å². The van der Waals surface area contributed by atoms with Gasteiger partial charge in [-0.3, -0.25) is 0 Å². The first-order valence-electron chi connectivity index (χ1n) is 6.89. The number of aliphatic hydroxyl groups is 2. The molecule has 0 amide bonds. The van der Waals surface area contributed by atoms with Crippen molar-refractivity contribution >= 4 is 0 Å². The average Bonchev–Trinajstić information content (AvgIpc) is 2.19. The van der Waals surface area contributed by atoms with Crippen molar-refractivity contribution in [2.24, 2.45) is 0 Å². The molecule has 16 heavy (non-hydrogen) atoms. The van der Waals surface area contributed by atoms with Gasteiger partial charge in [-0.05, 0) is 26.7 Å². The molecule has 0 fully saturated rings. The Morgan fingerprint density at radius 3 is 1.44 bits per heavy atom. The van der Waals surface area contributed by atoms with E-state index in [1.165, 1.54) is 44.9 Å². The lowest BCUT2D eigenvalue weighted by atomic mass is 9.99. The normalized spacial score (nSPS) is 12.0. The van der Waals surface area contributed by atoms with Crippen LogP contribution in [0.5, 0.6) is 0 Å². The Labute approximate surface area is 101 Å². The first-order valence-corrected chi connectivity index (χ1v) is 6.89. The Morgan fingerprint density at radius 1 is 0.688 bits per heavy atom. The molecule has 0 aliphatic heterocycles. The summed E-state index contributed by atoms with van der Waals surface area (Å²) in [6.07, 6.45) is 12.0. The van der Waals surface area contributed by atoms with Gasteiger partial charge in [-0.1, -0.05) is 51.4 Å². The lowest BCUT2D eigenvalue weighted by molar-refractivity contribution is 0.0680. The summed E-state index contributed by atoms with van der Waals surface area (Å²) in [5.41, 5.74) is -0.482. The third kappa shape index (κ3) is 13.9. The monoisotopic (exact) mass is 230 g/mol. The minimum atomic E-state index is -0.482. The molecule has 2 heteroatoms. The van der Waals surface area contributed by atoms with Crippen molar-refractivity contribution < 1.29 is 10.2 Å². The molecule has 0 aromatic heterocycles. The smallest absolute Gasteiger partial charge is 0.0591 e. The summed E-state index contributed by atoms with van der Waals surface area (Å²) in [5, 5.41) is 18.1. The Balaban J connectivity index is 2.99. The maximum atomic E-state index is 9.52. The topological polar surface area (TPSA) is 40.5 Å². The van der Waals surface area contributed by atoms with Crippen LogP contribution in [0.25, 0.3) is 0 Å². The highest BCUT2D eigenvalue weighted by Gasteiger charge is 2.10. The lowest BCUT2D eigenvalue weighted by Gasteiger charge is -2.16. The van der Waals surface area contributed by atoms with E-state index in [-0.39, 0.29) is 0 Å². The molecule has 0 aromatic rings. The van der Waals surface area contributed by atoms with Crippen LogP contribution >= 0.6 is 0 Å². The number of hydrogen-bond donors (Lipinski definition) is 2. The van der Waals surface area contributed by atoms with Crippen molar-refractivity contribution in [3.05, 3.63) is 0 Å². The molecule has 0 aromatic carbocycles. The molecule has 0 atom stereocenters. The molecule has 0 aliphatic rings. The lowest BCUT2D eigenvalue weighted by Crippen LogP contribution is -2.17. The van der Waals surface area contributed by atoms with E-state index in [9.17, 15) is 5.11 Å². The predicted molar refractivity (Wildman–Crippen MR) is 69.6 cm³/mol. The second kappa shape index (κ2) is 10.1. The van der Waals surface area contributed by atoms with Crippen LogP contribution in [0.4, 0.5) is 0 Å². The standard InChI is InChI=1S/C14H30O2/c1-14(2,16)12-10-8-6-4-3-5-7-9-11-13-15/h15-16H,3-13H2,1-2H3. The van der Waals surface area contributed by atoms with E-state index in [2.05, 4.69) is 0 Å². The maximum Gasteiger partial charge on any atom is 0.0591 e. The summed E-state index contributed by atoms with van der Waals surface area (Å²) in [4.78, 5) is 0. The van der Waals surface area contributed by atoms with Gasteiger partial charge in [-0.2, -0.15) is 0 Å². The highest BCUT2D eigenvalue weighted by atomic mass is 16.3. The maximum absolute atomic E-state index is 9.52. The molecule has 0 heterocycles. The third-order valence-electron chi connectivity index (χ3n) is 2.95. The van der Waals surface area contributed by atoms with Gasteiger partial charge < -0.3 is 10.2 Å². The Hall–Kier alpha value is -0.0800. The molecule has 2 nitrogen and oxygen atoms in total. The number of unbranched alkanes of at least 4 members (excludes halogenated alkanes) is 8. The van der Waals surface area contributed by atoms with Gasteiger partial charge in [0.1, 0.15) is 0 Å². The van der Waals surface area contributed by atoms with E-state index in [0.717, 1.165) is 19.3 Å². The minimum Gasteiger partial charge on any atom is -0.396 e. The molecule has 2 N–H and O–H groups in total. The molecule has 0 unspecified atom stereocenters. The van der Waals surface area contributed by atoms with E-state index in [1.54, 1.807) is 0 Å². The molecular weight excluding hydrogens is 200 g/mol. The van der Waals surface area contributed by atoms with Crippen molar-refractivity contribution in [1.29, 1.82) is 0 Å². The van der Waals surface area contributed by atoms with Gasteiger partial charge in [0.25, 0.3) is 0 Å².